The van der Waals surface area contributed by atoms with Crippen molar-refractivity contribution in [1.29, 1.82) is 0 Å². The summed E-state index contributed by atoms with van der Waals surface area (Å²) in [5.41, 5.74) is -4.62. The lowest BCUT2D eigenvalue weighted by molar-refractivity contribution is -0.140. The summed E-state index contributed by atoms with van der Waals surface area (Å²) in [6.45, 7) is 0. The molecule has 1 aromatic rings. The minimum Gasteiger partial charge on any atom is -0.468 e. The lowest BCUT2D eigenvalue weighted by atomic mass is 10.1. The van der Waals surface area contributed by atoms with Crippen LogP contribution in [0.25, 0.3) is 0 Å². The zero-order valence-corrected chi connectivity index (χ0v) is 12.1. The Labute approximate surface area is 120 Å². The largest absolute Gasteiger partial charge is 0.498 e. The first-order valence-electron chi connectivity index (χ1n) is 6.12. The highest BCUT2D eigenvalue weighted by atomic mass is 32.2. The van der Waals surface area contributed by atoms with Crippen LogP contribution in [0.1, 0.15) is 18.4 Å². The lowest BCUT2D eigenvalue weighted by Crippen LogP contribution is -2.40. The number of sulfone groups is 1. The molecule has 21 heavy (non-hydrogen) atoms. The van der Waals surface area contributed by atoms with Gasteiger partial charge in [-0.25, -0.2) is 8.42 Å². The van der Waals surface area contributed by atoms with Crippen molar-refractivity contribution in [3.63, 3.8) is 0 Å². The molecule has 1 aromatic carbocycles. The molecule has 0 amide bonds. The van der Waals surface area contributed by atoms with Gasteiger partial charge in [0.1, 0.15) is 0 Å². The molecule has 1 atom stereocenters. The second-order valence-corrected chi connectivity index (χ2v) is 6.50. The van der Waals surface area contributed by atoms with Crippen molar-refractivity contribution in [3.05, 3.63) is 35.9 Å². The molecule has 8 heteroatoms. The minimum absolute atomic E-state index is 0.124. The van der Waals surface area contributed by atoms with E-state index in [4.69, 9.17) is 0 Å². The summed E-state index contributed by atoms with van der Waals surface area (Å²) in [6, 6.07) is 8.85. The fourth-order valence-electron chi connectivity index (χ4n) is 1.83. The van der Waals surface area contributed by atoms with Gasteiger partial charge in [0.15, 0.2) is 5.25 Å². The first-order chi connectivity index (χ1) is 9.70. The predicted molar refractivity (Wildman–Crippen MR) is 70.2 cm³/mol. The number of ether oxygens (including phenoxy) is 1. The van der Waals surface area contributed by atoms with Crippen molar-refractivity contribution in [2.75, 3.05) is 7.11 Å². The van der Waals surface area contributed by atoms with E-state index in [-0.39, 0.29) is 6.42 Å². The van der Waals surface area contributed by atoms with Crippen LogP contribution in [0.5, 0.6) is 0 Å². The number of methoxy groups -OCH3 is 1. The average molecular weight is 324 g/mol. The quantitative estimate of drug-likeness (QED) is 0.754. The van der Waals surface area contributed by atoms with E-state index in [0.717, 1.165) is 12.7 Å². The van der Waals surface area contributed by atoms with Crippen LogP contribution in [0.3, 0.4) is 0 Å². The molecular weight excluding hydrogens is 309 g/mol. The molecule has 1 rings (SSSR count). The maximum absolute atomic E-state index is 12.5. The molecule has 0 radical (unpaired) electrons. The number of carbonyl (C=O) groups excluding carboxylic acids is 1. The monoisotopic (exact) mass is 324 g/mol. The summed E-state index contributed by atoms with van der Waals surface area (Å²) < 4.78 is 64.5. The van der Waals surface area contributed by atoms with E-state index in [1.54, 1.807) is 30.3 Å². The smallest absolute Gasteiger partial charge is 0.468 e. The third-order valence-electron chi connectivity index (χ3n) is 2.94. The molecule has 0 saturated heterocycles. The summed E-state index contributed by atoms with van der Waals surface area (Å²) in [4.78, 5) is 11.3. The Morgan fingerprint density at radius 3 is 2.29 bits per heavy atom. The Bertz CT molecular complexity index is 567. The summed E-state index contributed by atoms with van der Waals surface area (Å²) >= 11 is 0. The number of benzene rings is 1. The Morgan fingerprint density at radius 1 is 1.24 bits per heavy atom. The summed E-state index contributed by atoms with van der Waals surface area (Å²) in [5, 5.41) is -2.22. The topological polar surface area (TPSA) is 60.4 Å². The van der Waals surface area contributed by atoms with E-state index >= 15 is 0 Å². The van der Waals surface area contributed by atoms with Crippen LogP contribution in [0.15, 0.2) is 30.3 Å². The van der Waals surface area contributed by atoms with Crippen molar-refractivity contribution >= 4 is 15.8 Å². The van der Waals surface area contributed by atoms with E-state index in [9.17, 15) is 26.4 Å². The van der Waals surface area contributed by atoms with Gasteiger partial charge in [0.05, 0.1) is 7.11 Å². The molecule has 0 bridgehead atoms. The minimum atomic E-state index is -5.58. The predicted octanol–water partition coefficient (Wildman–Crippen LogP) is 2.49. The van der Waals surface area contributed by atoms with Crippen LogP contribution in [0, 0.1) is 0 Å². The molecule has 0 N–H and O–H groups in total. The SMILES string of the molecule is COC(=O)C(CCCc1ccccc1)S(=O)(=O)C(F)(F)F. The summed E-state index contributed by atoms with van der Waals surface area (Å²) in [5.74, 6) is -1.39. The van der Waals surface area contributed by atoms with Gasteiger partial charge < -0.3 is 4.74 Å². The fraction of sp³-hybridized carbons (Fsp3) is 0.462. The molecule has 0 fully saturated rings. The van der Waals surface area contributed by atoms with Crippen LogP contribution >= 0.6 is 0 Å². The van der Waals surface area contributed by atoms with Gasteiger partial charge in [-0.15, -0.1) is 0 Å². The maximum Gasteiger partial charge on any atom is 0.498 e. The Balaban J connectivity index is 2.79. The van der Waals surface area contributed by atoms with Gasteiger partial charge in [-0.1, -0.05) is 30.3 Å². The highest BCUT2D eigenvalue weighted by Gasteiger charge is 2.53. The van der Waals surface area contributed by atoms with Crippen molar-refractivity contribution in [1.82, 2.24) is 0 Å². The molecule has 0 aliphatic heterocycles. The molecule has 0 saturated carbocycles. The third-order valence-corrected chi connectivity index (χ3v) is 4.76. The number of hydrogen-bond acceptors (Lipinski definition) is 4. The van der Waals surface area contributed by atoms with Gasteiger partial charge >= 0.3 is 11.5 Å². The van der Waals surface area contributed by atoms with E-state index in [1.165, 1.54) is 0 Å². The molecular formula is C13H15F3O4S. The fourth-order valence-corrected chi connectivity index (χ4v) is 2.98. The maximum atomic E-state index is 12.5. The summed E-state index contributed by atoms with van der Waals surface area (Å²) in [7, 11) is -4.72. The second-order valence-electron chi connectivity index (χ2n) is 4.38. The normalized spacial score (nSPS) is 13.7. The van der Waals surface area contributed by atoms with Gasteiger partial charge in [0.2, 0.25) is 0 Å². The lowest BCUT2D eigenvalue weighted by Gasteiger charge is -2.17. The Hall–Kier alpha value is -1.57. The molecule has 0 heterocycles. The van der Waals surface area contributed by atoms with E-state index in [0.29, 0.717) is 6.42 Å². The van der Waals surface area contributed by atoms with Crippen molar-refractivity contribution in [2.24, 2.45) is 0 Å². The van der Waals surface area contributed by atoms with Crippen LogP contribution < -0.4 is 0 Å². The zero-order valence-electron chi connectivity index (χ0n) is 11.3. The summed E-state index contributed by atoms with van der Waals surface area (Å²) in [6.07, 6.45) is 0.0597. The molecule has 0 spiro atoms. The van der Waals surface area contributed by atoms with Gasteiger partial charge in [-0.3, -0.25) is 4.79 Å². The number of alkyl halides is 3. The molecule has 118 valence electrons. The van der Waals surface area contributed by atoms with E-state index < -0.39 is 33.0 Å². The number of esters is 1. The molecule has 1 unspecified atom stereocenters. The van der Waals surface area contributed by atoms with Gasteiger partial charge in [-0.05, 0) is 24.8 Å². The number of hydrogen-bond donors (Lipinski definition) is 0. The van der Waals surface area contributed by atoms with E-state index in [1.807, 2.05) is 0 Å². The van der Waals surface area contributed by atoms with Gasteiger partial charge in [-0.2, -0.15) is 13.2 Å². The van der Waals surface area contributed by atoms with Crippen molar-refractivity contribution < 1.29 is 31.1 Å². The molecule has 0 aromatic heterocycles. The van der Waals surface area contributed by atoms with E-state index in [2.05, 4.69) is 4.74 Å². The first kappa shape index (κ1) is 17.5. The number of halogens is 3. The van der Waals surface area contributed by atoms with Crippen LogP contribution in [-0.2, 0) is 25.8 Å². The molecule has 0 aliphatic rings. The van der Waals surface area contributed by atoms with Gasteiger partial charge in [0.25, 0.3) is 9.84 Å². The Morgan fingerprint density at radius 2 is 1.81 bits per heavy atom. The van der Waals surface area contributed by atoms with Crippen LogP contribution in [-0.4, -0.2) is 32.3 Å². The zero-order chi connectivity index (χ0) is 16.1. The third kappa shape index (κ3) is 4.45. The van der Waals surface area contributed by atoms with Crippen LogP contribution in [0.4, 0.5) is 13.2 Å². The Kier molecular flexibility index (Phi) is 5.77. The standard InChI is InChI=1S/C13H15F3O4S/c1-20-12(17)11(21(18,19)13(14,15)16)9-5-8-10-6-3-2-4-7-10/h2-4,6-7,11H,5,8-9H2,1H3. The van der Waals surface area contributed by atoms with Crippen molar-refractivity contribution in [2.45, 2.75) is 30.0 Å². The molecule has 0 aliphatic carbocycles. The average Bonchev–Trinajstić information content (AvgIpc) is 2.42. The first-order valence-corrected chi connectivity index (χ1v) is 7.66. The molecule has 4 nitrogen and oxygen atoms in total. The number of aryl methyl sites for hydroxylation is 1. The van der Waals surface area contributed by atoms with Gasteiger partial charge in [0, 0.05) is 0 Å². The highest BCUT2D eigenvalue weighted by Crippen LogP contribution is 2.30. The van der Waals surface area contributed by atoms with Crippen LogP contribution in [0.2, 0.25) is 0 Å². The number of rotatable bonds is 6. The van der Waals surface area contributed by atoms with Crippen molar-refractivity contribution in [3.8, 4) is 0 Å². The highest BCUT2D eigenvalue weighted by molar-refractivity contribution is 7.93. The second kappa shape index (κ2) is 6.93. The number of carbonyl (C=O) groups is 1.